The summed E-state index contributed by atoms with van der Waals surface area (Å²) in [7, 11) is 0. The molecule has 2 amide bonds. The van der Waals surface area contributed by atoms with Crippen LogP contribution in [0, 0.1) is 13.8 Å². The van der Waals surface area contributed by atoms with Crippen LogP contribution in [0.5, 0.6) is 0 Å². The molecule has 2 N–H and O–H groups in total. The molecule has 108 valence electrons. The number of urea groups is 1. The highest BCUT2D eigenvalue weighted by Crippen LogP contribution is 2.23. The van der Waals surface area contributed by atoms with E-state index in [1.54, 1.807) is 6.20 Å². The molecule has 2 aromatic rings. The Morgan fingerprint density at radius 2 is 1.90 bits per heavy atom. The average Bonchev–Trinajstić information content (AvgIpc) is 2.44. The second-order valence-electron chi connectivity index (χ2n) is 4.77. The summed E-state index contributed by atoms with van der Waals surface area (Å²) in [5.41, 5.74) is 4.11. The third-order valence-electron chi connectivity index (χ3n) is 3.04. The molecule has 0 atom stereocenters. The quantitative estimate of drug-likeness (QED) is 0.820. The second-order valence-corrected chi connectivity index (χ2v) is 5.63. The first-order valence-corrected chi connectivity index (χ1v) is 7.41. The van der Waals surface area contributed by atoms with Crippen molar-refractivity contribution in [2.45, 2.75) is 13.8 Å². The van der Waals surface area contributed by atoms with E-state index in [0.717, 1.165) is 26.9 Å². The number of amides is 2. The monoisotopic (exact) mass is 344 g/mol. The first-order chi connectivity index (χ1) is 10.1. The molecular weight excluding hydrogens is 328 g/mol. The molecule has 0 saturated carbocycles. The van der Waals surface area contributed by atoms with Crippen molar-refractivity contribution in [1.82, 2.24) is 5.32 Å². The Morgan fingerprint density at radius 3 is 2.62 bits per heavy atom. The smallest absolute Gasteiger partial charge is 0.314 e. The molecular formula is C17H17BrN2O. The summed E-state index contributed by atoms with van der Waals surface area (Å²) in [5, 5.41) is 5.49. The van der Waals surface area contributed by atoms with Gasteiger partial charge in [-0.15, -0.1) is 0 Å². The third-order valence-corrected chi connectivity index (χ3v) is 3.69. The summed E-state index contributed by atoms with van der Waals surface area (Å²) in [5.74, 6) is 0. The average molecular weight is 345 g/mol. The molecule has 0 saturated heterocycles. The number of rotatable bonds is 3. The maximum absolute atomic E-state index is 11.8. The predicted molar refractivity (Wildman–Crippen MR) is 91.2 cm³/mol. The van der Waals surface area contributed by atoms with Gasteiger partial charge in [0.25, 0.3) is 0 Å². The lowest BCUT2D eigenvalue weighted by Gasteiger charge is -2.07. The van der Waals surface area contributed by atoms with Crippen LogP contribution in [0.25, 0.3) is 6.08 Å². The summed E-state index contributed by atoms with van der Waals surface area (Å²) >= 11 is 3.43. The van der Waals surface area contributed by atoms with Crippen molar-refractivity contribution < 1.29 is 4.79 Å². The Morgan fingerprint density at radius 1 is 1.14 bits per heavy atom. The Hall–Kier alpha value is -2.07. The minimum Gasteiger partial charge on any atom is -0.314 e. The molecule has 0 fully saturated rings. The van der Waals surface area contributed by atoms with Gasteiger partial charge in [0, 0.05) is 10.7 Å². The fraction of sp³-hybridized carbons (Fsp3) is 0.118. The van der Waals surface area contributed by atoms with Crippen molar-refractivity contribution in [1.29, 1.82) is 0 Å². The second kappa shape index (κ2) is 7.09. The minimum absolute atomic E-state index is 0.274. The maximum Gasteiger partial charge on any atom is 0.323 e. The molecule has 2 rings (SSSR count). The maximum atomic E-state index is 11.8. The highest BCUT2D eigenvalue weighted by Gasteiger charge is 2.03. The third kappa shape index (κ3) is 4.46. The first-order valence-electron chi connectivity index (χ1n) is 6.62. The molecule has 0 heterocycles. The summed E-state index contributed by atoms with van der Waals surface area (Å²) in [6.07, 6.45) is 3.51. The van der Waals surface area contributed by atoms with E-state index in [1.165, 1.54) is 0 Å². The van der Waals surface area contributed by atoms with Crippen LogP contribution in [0.2, 0.25) is 0 Å². The van der Waals surface area contributed by atoms with Gasteiger partial charge in [0.15, 0.2) is 0 Å². The van der Waals surface area contributed by atoms with Crippen molar-refractivity contribution in [3.05, 3.63) is 69.8 Å². The Balaban J connectivity index is 1.95. The van der Waals surface area contributed by atoms with E-state index in [9.17, 15) is 4.79 Å². The molecule has 0 radical (unpaired) electrons. The highest BCUT2D eigenvalue weighted by molar-refractivity contribution is 9.10. The van der Waals surface area contributed by atoms with E-state index in [-0.39, 0.29) is 6.03 Å². The van der Waals surface area contributed by atoms with Crippen LogP contribution >= 0.6 is 15.9 Å². The Kier molecular flexibility index (Phi) is 5.17. The van der Waals surface area contributed by atoms with Crippen LogP contribution in [0.1, 0.15) is 16.7 Å². The molecule has 2 aromatic carbocycles. The number of carbonyl (C=O) groups excluding carboxylic acids is 1. The molecule has 21 heavy (non-hydrogen) atoms. The Bertz CT molecular complexity index is 680. The number of benzene rings is 2. The van der Waals surface area contributed by atoms with Crippen molar-refractivity contribution >= 4 is 33.7 Å². The number of anilines is 1. The standard InChI is InChI=1S/C17H17BrN2O/c1-12-7-8-16(15(18)11-12)20-17(21)19-10-9-14-6-4-3-5-13(14)2/h3-11H,1-2H3,(H2,19,20,21)/b10-9+. The molecule has 4 heteroatoms. The van der Waals surface area contributed by atoms with Gasteiger partial charge >= 0.3 is 6.03 Å². The van der Waals surface area contributed by atoms with E-state index in [1.807, 2.05) is 62.4 Å². The number of hydrogen-bond acceptors (Lipinski definition) is 1. The van der Waals surface area contributed by atoms with Crippen molar-refractivity contribution in [2.24, 2.45) is 0 Å². The van der Waals surface area contributed by atoms with E-state index in [2.05, 4.69) is 26.6 Å². The zero-order chi connectivity index (χ0) is 15.2. The minimum atomic E-state index is -0.274. The van der Waals surface area contributed by atoms with Crippen molar-refractivity contribution in [3.63, 3.8) is 0 Å². The predicted octanol–water partition coefficient (Wildman–Crippen LogP) is 4.86. The van der Waals surface area contributed by atoms with Crippen LogP contribution in [-0.4, -0.2) is 6.03 Å². The molecule has 3 nitrogen and oxygen atoms in total. The van der Waals surface area contributed by atoms with Gasteiger partial charge in [-0.3, -0.25) is 0 Å². The zero-order valence-electron chi connectivity index (χ0n) is 12.0. The lowest BCUT2D eigenvalue weighted by atomic mass is 10.1. The highest BCUT2D eigenvalue weighted by atomic mass is 79.9. The van der Waals surface area contributed by atoms with E-state index >= 15 is 0 Å². The summed E-state index contributed by atoms with van der Waals surface area (Å²) < 4.78 is 0.862. The van der Waals surface area contributed by atoms with Crippen LogP contribution in [0.4, 0.5) is 10.5 Å². The Labute approximate surface area is 133 Å². The topological polar surface area (TPSA) is 41.1 Å². The van der Waals surface area contributed by atoms with Gasteiger partial charge in [0.1, 0.15) is 0 Å². The molecule has 0 aliphatic heterocycles. The lowest BCUT2D eigenvalue weighted by molar-refractivity contribution is 0.255. The number of halogens is 1. The fourth-order valence-corrected chi connectivity index (χ4v) is 2.45. The van der Waals surface area contributed by atoms with Gasteiger partial charge in [-0.1, -0.05) is 30.3 Å². The molecule has 0 aliphatic carbocycles. The summed E-state index contributed by atoms with van der Waals surface area (Å²) in [6.45, 7) is 4.03. The lowest BCUT2D eigenvalue weighted by Crippen LogP contribution is -2.23. The van der Waals surface area contributed by atoms with Crippen LogP contribution < -0.4 is 10.6 Å². The summed E-state index contributed by atoms with van der Waals surface area (Å²) in [4.78, 5) is 11.8. The fourth-order valence-electron chi connectivity index (χ4n) is 1.86. The molecule has 0 spiro atoms. The number of aryl methyl sites for hydroxylation is 2. The van der Waals surface area contributed by atoms with Crippen LogP contribution in [-0.2, 0) is 0 Å². The SMILES string of the molecule is Cc1ccc(NC(=O)N/C=C/c2ccccc2C)c(Br)c1. The van der Waals surface area contributed by atoms with Gasteiger partial charge < -0.3 is 10.6 Å². The van der Waals surface area contributed by atoms with Gasteiger partial charge in [0.2, 0.25) is 0 Å². The normalized spacial score (nSPS) is 10.6. The number of hydrogen-bond donors (Lipinski definition) is 2. The first kappa shape index (κ1) is 15.3. The number of carbonyl (C=O) groups is 1. The van der Waals surface area contributed by atoms with Crippen molar-refractivity contribution in [2.75, 3.05) is 5.32 Å². The van der Waals surface area contributed by atoms with E-state index in [4.69, 9.17) is 0 Å². The van der Waals surface area contributed by atoms with Gasteiger partial charge in [0.05, 0.1) is 5.69 Å². The van der Waals surface area contributed by atoms with E-state index in [0.29, 0.717) is 0 Å². The molecule has 0 aliphatic rings. The number of nitrogens with one attached hydrogen (secondary N) is 2. The van der Waals surface area contributed by atoms with Gasteiger partial charge in [-0.05, 0) is 64.7 Å². The van der Waals surface area contributed by atoms with Gasteiger partial charge in [-0.2, -0.15) is 0 Å². The molecule has 0 aromatic heterocycles. The molecule has 0 unspecified atom stereocenters. The molecule has 0 bridgehead atoms. The van der Waals surface area contributed by atoms with Crippen molar-refractivity contribution in [3.8, 4) is 0 Å². The van der Waals surface area contributed by atoms with Gasteiger partial charge in [-0.25, -0.2) is 4.79 Å². The zero-order valence-corrected chi connectivity index (χ0v) is 13.6. The largest absolute Gasteiger partial charge is 0.323 e. The summed E-state index contributed by atoms with van der Waals surface area (Å²) in [6, 6.07) is 13.5. The van der Waals surface area contributed by atoms with Crippen LogP contribution in [0.3, 0.4) is 0 Å². The van der Waals surface area contributed by atoms with E-state index < -0.39 is 0 Å². The van der Waals surface area contributed by atoms with Crippen LogP contribution in [0.15, 0.2) is 53.1 Å².